The number of nitrogens with zero attached hydrogens (tertiary/aromatic N) is 4. The number of aromatic nitrogens is 1. The first-order valence-corrected chi connectivity index (χ1v) is 13.2. The Morgan fingerprint density at radius 2 is 1.83 bits per heavy atom. The Labute approximate surface area is 215 Å². The van der Waals surface area contributed by atoms with E-state index in [4.69, 9.17) is 0 Å². The van der Waals surface area contributed by atoms with Crippen LogP contribution < -0.4 is 5.32 Å². The van der Waals surface area contributed by atoms with Crippen LogP contribution in [-0.2, 0) is 20.9 Å². The molecule has 0 radical (unpaired) electrons. The number of amides is 3. The van der Waals surface area contributed by atoms with Crippen LogP contribution >= 0.6 is 0 Å². The molecule has 1 saturated heterocycles. The molecule has 200 valence electrons. The molecule has 9 heteroatoms. The fraction of sp³-hybridized carbons (Fsp3) is 0.704. The number of hydrogen-bond donors (Lipinski definition) is 2. The van der Waals surface area contributed by atoms with Gasteiger partial charge < -0.3 is 10.2 Å². The van der Waals surface area contributed by atoms with Crippen molar-refractivity contribution >= 4 is 17.7 Å². The standard InChI is InChI=1S/C27H43N5O4/c1-20(33)32(36)19-23(16-21-8-5-6-9-21)25(34)29-24(27(2,3)4)26(35)31-14-12-30(13-15-31)18-22-10-7-11-28-17-22/h7,10-11,17,21,23-24,36H,5-6,8-9,12-16,18-19H2,1-4H3,(H,29,34)/t23-,24-/m1/s1. The first-order chi connectivity index (χ1) is 17.0. The lowest BCUT2D eigenvalue weighted by Gasteiger charge is -2.40. The Hall–Kier alpha value is -2.52. The van der Waals surface area contributed by atoms with Crippen molar-refractivity contribution in [1.29, 1.82) is 0 Å². The maximum Gasteiger partial charge on any atom is 0.245 e. The van der Waals surface area contributed by atoms with Gasteiger partial charge in [-0.25, -0.2) is 5.06 Å². The molecule has 2 fully saturated rings. The largest absolute Gasteiger partial charge is 0.344 e. The summed E-state index contributed by atoms with van der Waals surface area (Å²) in [4.78, 5) is 47.0. The van der Waals surface area contributed by atoms with Gasteiger partial charge in [-0.1, -0.05) is 52.5 Å². The van der Waals surface area contributed by atoms with Crippen molar-refractivity contribution in [2.45, 2.75) is 72.4 Å². The van der Waals surface area contributed by atoms with Gasteiger partial charge in [-0.15, -0.1) is 0 Å². The molecule has 1 aromatic heterocycles. The summed E-state index contributed by atoms with van der Waals surface area (Å²) in [6.07, 6.45) is 8.63. The summed E-state index contributed by atoms with van der Waals surface area (Å²) in [5, 5.41) is 13.7. The third kappa shape index (κ3) is 8.00. The maximum atomic E-state index is 13.6. The summed E-state index contributed by atoms with van der Waals surface area (Å²) in [5.74, 6) is -1.00. The highest BCUT2D eigenvalue weighted by Gasteiger charge is 2.38. The van der Waals surface area contributed by atoms with E-state index in [0.29, 0.717) is 30.5 Å². The predicted octanol–water partition coefficient (Wildman–Crippen LogP) is 2.69. The molecular weight excluding hydrogens is 458 g/mol. The van der Waals surface area contributed by atoms with E-state index >= 15 is 0 Å². The lowest BCUT2D eigenvalue weighted by atomic mass is 9.84. The summed E-state index contributed by atoms with van der Waals surface area (Å²) in [6, 6.07) is 3.29. The van der Waals surface area contributed by atoms with Crippen molar-refractivity contribution in [3.05, 3.63) is 30.1 Å². The molecule has 0 unspecified atom stereocenters. The van der Waals surface area contributed by atoms with Crippen molar-refractivity contribution in [2.24, 2.45) is 17.3 Å². The zero-order valence-corrected chi connectivity index (χ0v) is 22.3. The predicted molar refractivity (Wildman–Crippen MR) is 137 cm³/mol. The van der Waals surface area contributed by atoms with E-state index in [1.54, 1.807) is 6.20 Å². The second-order valence-electron chi connectivity index (χ2n) is 11.5. The van der Waals surface area contributed by atoms with Crippen molar-refractivity contribution in [2.75, 3.05) is 32.7 Å². The lowest BCUT2D eigenvalue weighted by molar-refractivity contribution is -0.167. The monoisotopic (exact) mass is 501 g/mol. The van der Waals surface area contributed by atoms with Gasteiger partial charge in [0, 0.05) is 52.0 Å². The summed E-state index contributed by atoms with van der Waals surface area (Å²) >= 11 is 0. The van der Waals surface area contributed by atoms with Gasteiger partial charge in [-0.05, 0) is 29.4 Å². The number of carbonyl (C=O) groups excluding carboxylic acids is 3. The van der Waals surface area contributed by atoms with Gasteiger partial charge in [-0.3, -0.25) is 29.5 Å². The summed E-state index contributed by atoms with van der Waals surface area (Å²) in [7, 11) is 0. The van der Waals surface area contributed by atoms with Gasteiger partial charge in [0.25, 0.3) is 0 Å². The minimum absolute atomic E-state index is 0.0598. The van der Waals surface area contributed by atoms with Gasteiger partial charge in [0.1, 0.15) is 6.04 Å². The van der Waals surface area contributed by atoms with Crippen molar-refractivity contribution in [1.82, 2.24) is 25.2 Å². The topological polar surface area (TPSA) is 106 Å². The van der Waals surface area contributed by atoms with E-state index in [-0.39, 0.29) is 18.4 Å². The Morgan fingerprint density at radius 3 is 2.39 bits per heavy atom. The fourth-order valence-electron chi connectivity index (χ4n) is 5.22. The van der Waals surface area contributed by atoms with Crippen molar-refractivity contribution < 1.29 is 19.6 Å². The van der Waals surface area contributed by atoms with Crippen LogP contribution in [0.1, 0.15) is 65.4 Å². The van der Waals surface area contributed by atoms with Crippen molar-refractivity contribution in [3.8, 4) is 0 Å². The minimum Gasteiger partial charge on any atom is -0.344 e. The first-order valence-electron chi connectivity index (χ1n) is 13.2. The Balaban J connectivity index is 1.63. The fourth-order valence-corrected chi connectivity index (χ4v) is 5.22. The number of nitrogens with one attached hydrogen (secondary N) is 1. The zero-order valence-electron chi connectivity index (χ0n) is 22.3. The highest BCUT2D eigenvalue weighted by atomic mass is 16.5. The number of hydroxylamine groups is 2. The molecule has 3 rings (SSSR count). The quantitative estimate of drug-likeness (QED) is 0.398. The third-order valence-corrected chi connectivity index (χ3v) is 7.43. The summed E-state index contributed by atoms with van der Waals surface area (Å²) in [6.45, 7) is 10.6. The SMILES string of the molecule is CC(=O)N(O)C[C@@H](CC1CCCC1)C(=O)N[C@H](C(=O)N1CCN(Cc2cccnc2)CC1)C(C)(C)C. The highest BCUT2D eigenvalue weighted by Crippen LogP contribution is 2.31. The molecule has 2 atom stereocenters. The molecule has 0 bridgehead atoms. The van der Waals surface area contributed by atoms with Crippen LogP contribution in [0.2, 0.25) is 0 Å². The number of piperazine rings is 1. The van der Waals surface area contributed by atoms with Crippen LogP contribution in [0.5, 0.6) is 0 Å². The van der Waals surface area contributed by atoms with E-state index in [2.05, 4.69) is 21.3 Å². The molecule has 9 nitrogen and oxygen atoms in total. The van der Waals surface area contributed by atoms with E-state index in [1.807, 2.05) is 37.9 Å². The number of hydrogen-bond acceptors (Lipinski definition) is 6. The Kier molecular flexibility index (Phi) is 9.84. The molecule has 0 spiro atoms. The highest BCUT2D eigenvalue weighted by molar-refractivity contribution is 5.89. The molecule has 1 aliphatic heterocycles. The smallest absolute Gasteiger partial charge is 0.245 e. The molecule has 36 heavy (non-hydrogen) atoms. The average molecular weight is 502 g/mol. The minimum atomic E-state index is -0.689. The molecular formula is C27H43N5O4. The zero-order chi connectivity index (χ0) is 26.3. The van der Waals surface area contributed by atoms with Crippen LogP contribution in [-0.4, -0.2) is 81.5 Å². The summed E-state index contributed by atoms with van der Waals surface area (Å²) in [5.41, 5.74) is 0.658. The normalized spacial score (nSPS) is 19.1. The van der Waals surface area contributed by atoms with Gasteiger partial charge in [-0.2, -0.15) is 0 Å². The van der Waals surface area contributed by atoms with E-state index < -0.39 is 23.3 Å². The lowest BCUT2D eigenvalue weighted by Crippen LogP contribution is -2.59. The van der Waals surface area contributed by atoms with Gasteiger partial charge in [0.05, 0.1) is 12.5 Å². The second-order valence-corrected chi connectivity index (χ2v) is 11.5. The van der Waals surface area contributed by atoms with Crippen molar-refractivity contribution in [3.63, 3.8) is 0 Å². The van der Waals surface area contributed by atoms with E-state index in [0.717, 1.165) is 50.9 Å². The molecule has 1 aromatic rings. The maximum absolute atomic E-state index is 13.6. The first kappa shape index (κ1) is 28.1. The number of rotatable bonds is 9. The third-order valence-electron chi connectivity index (χ3n) is 7.43. The molecule has 2 N–H and O–H groups in total. The molecule has 0 aromatic carbocycles. The van der Waals surface area contributed by atoms with Crippen LogP contribution in [0.25, 0.3) is 0 Å². The Bertz CT molecular complexity index is 874. The van der Waals surface area contributed by atoms with E-state index in [1.165, 1.54) is 6.92 Å². The van der Waals surface area contributed by atoms with Gasteiger partial charge in [0.2, 0.25) is 17.7 Å². The van der Waals surface area contributed by atoms with E-state index in [9.17, 15) is 19.6 Å². The van der Waals surface area contributed by atoms with Crippen LogP contribution in [0, 0.1) is 17.3 Å². The van der Waals surface area contributed by atoms with Crippen LogP contribution in [0.15, 0.2) is 24.5 Å². The van der Waals surface area contributed by atoms with Gasteiger partial charge in [0.15, 0.2) is 0 Å². The number of carbonyl (C=O) groups is 3. The van der Waals surface area contributed by atoms with Crippen LogP contribution in [0.3, 0.4) is 0 Å². The average Bonchev–Trinajstić information content (AvgIpc) is 3.35. The second kappa shape index (κ2) is 12.6. The molecule has 2 aliphatic rings. The van der Waals surface area contributed by atoms with Crippen LogP contribution in [0.4, 0.5) is 0 Å². The molecule has 1 aliphatic carbocycles. The summed E-state index contributed by atoms with van der Waals surface area (Å²) < 4.78 is 0. The molecule has 1 saturated carbocycles. The molecule has 3 amide bonds. The molecule has 2 heterocycles. The van der Waals surface area contributed by atoms with Gasteiger partial charge >= 0.3 is 0 Å². The Morgan fingerprint density at radius 1 is 1.17 bits per heavy atom. The number of pyridine rings is 1.